The van der Waals surface area contributed by atoms with Gasteiger partial charge < -0.3 is 20.1 Å². The van der Waals surface area contributed by atoms with Gasteiger partial charge in [0.25, 0.3) is 5.91 Å². The minimum Gasteiger partial charge on any atom is -0.504 e. The van der Waals surface area contributed by atoms with E-state index in [0.717, 1.165) is 22.4 Å². The van der Waals surface area contributed by atoms with E-state index in [-0.39, 0.29) is 17.1 Å². The van der Waals surface area contributed by atoms with Gasteiger partial charge in [0.2, 0.25) is 0 Å². The molecule has 0 saturated heterocycles. The number of rotatable bonds is 4. The van der Waals surface area contributed by atoms with Crippen LogP contribution in [0.5, 0.6) is 11.5 Å². The molecule has 6 heteroatoms. The lowest BCUT2D eigenvalue weighted by atomic mass is 10.1. The Labute approximate surface area is 155 Å². The Morgan fingerprint density at radius 3 is 2.56 bits per heavy atom. The van der Waals surface area contributed by atoms with Crippen LogP contribution in [0.2, 0.25) is 0 Å². The van der Waals surface area contributed by atoms with Gasteiger partial charge in [-0.2, -0.15) is 0 Å². The lowest BCUT2D eigenvalue weighted by Gasteiger charge is -2.09. The summed E-state index contributed by atoms with van der Waals surface area (Å²) < 4.78 is 5.04. The van der Waals surface area contributed by atoms with Crippen molar-refractivity contribution in [3.63, 3.8) is 0 Å². The van der Waals surface area contributed by atoms with E-state index in [1.807, 2.05) is 36.4 Å². The number of aromatic nitrogens is 2. The molecule has 0 saturated carbocycles. The van der Waals surface area contributed by atoms with Crippen LogP contribution < -0.4 is 10.1 Å². The molecule has 0 fully saturated rings. The van der Waals surface area contributed by atoms with Gasteiger partial charge in [0.05, 0.1) is 23.7 Å². The molecule has 0 aliphatic heterocycles. The summed E-state index contributed by atoms with van der Waals surface area (Å²) in [5.74, 6) is 0.418. The number of amides is 1. The molecular formula is C21H17N3O3. The van der Waals surface area contributed by atoms with Crippen molar-refractivity contribution in [1.29, 1.82) is 0 Å². The number of nitrogens with zero attached hydrogens (tertiary/aromatic N) is 1. The van der Waals surface area contributed by atoms with Crippen LogP contribution in [0, 0.1) is 0 Å². The highest BCUT2D eigenvalue weighted by molar-refractivity contribution is 6.06. The molecule has 1 aromatic heterocycles. The first-order valence-electron chi connectivity index (χ1n) is 8.38. The molecule has 4 rings (SSSR count). The van der Waals surface area contributed by atoms with Gasteiger partial charge in [-0.15, -0.1) is 0 Å². The van der Waals surface area contributed by atoms with E-state index in [9.17, 15) is 9.90 Å². The van der Waals surface area contributed by atoms with Gasteiger partial charge in [-0.3, -0.25) is 4.79 Å². The Morgan fingerprint density at radius 1 is 1.04 bits per heavy atom. The molecule has 0 aliphatic carbocycles. The van der Waals surface area contributed by atoms with E-state index in [4.69, 9.17) is 4.74 Å². The summed E-state index contributed by atoms with van der Waals surface area (Å²) >= 11 is 0. The van der Waals surface area contributed by atoms with E-state index < -0.39 is 5.91 Å². The number of anilines is 1. The first-order valence-corrected chi connectivity index (χ1v) is 8.38. The summed E-state index contributed by atoms with van der Waals surface area (Å²) in [6, 6.07) is 19.9. The first kappa shape index (κ1) is 16.7. The number of benzene rings is 3. The van der Waals surface area contributed by atoms with Gasteiger partial charge in [0.15, 0.2) is 11.5 Å². The van der Waals surface area contributed by atoms with Gasteiger partial charge in [0.1, 0.15) is 5.82 Å². The molecule has 4 aromatic rings. The van der Waals surface area contributed by atoms with Crippen LogP contribution in [0.25, 0.3) is 22.4 Å². The van der Waals surface area contributed by atoms with Crippen LogP contribution in [0.15, 0.2) is 66.7 Å². The fraction of sp³-hybridized carbons (Fsp3) is 0.0476. The Bertz CT molecular complexity index is 1080. The van der Waals surface area contributed by atoms with Crippen molar-refractivity contribution >= 4 is 22.6 Å². The number of phenols is 1. The minimum atomic E-state index is -0.414. The first-order chi connectivity index (χ1) is 13.2. The fourth-order valence-corrected chi connectivity index (χ4v) is 2.87. The number of aromatic hydroxyl groups is 1. The summed E-state index contributed by atoms with van der Waals surface area (Å²) in [6.07, 6.45) is 0. The maximum absolute atomic E-state index is 12.4. The maximum Gasteiger partial charge on any atom is 0.259 e. The zero-order valence-electron chi connectivity index (χ0n) is 14.6. The number of methoxy groups -OCH3 is 1. The van der Waals surface area contributed by atoms with Gasteiger partial charge in [-0.05, 0) is 48.5 Å². The van der Waals surface area contributed by atoms with Crippen LogP contribution in [0.3, 0.4) is 0 Å². The number of hydrogen-bond donors (Lipinski definition) is 3. The number of carbonyl (C=O) groups excluding carboxylic acids is 1. The number of hydrogen-bond acceptors (Lipinski definition) is 4. The highest BCUT2D eigenvalue weighted by Crippen LogP contribution is 2.30. The molecule has 1 amide bonds. The van der Waals surface area contributed by atoms with E-state index in [1.165, 1.54) is 13.2 Å². The van der Waals surface area contributed by atoms with Crippen molar-refractivity contribution in [2.24, 2.45) is 0 Å². The van der Waals surface area contributed by atoms with Crippen molar-refractivity contribution in [1.82, 2.24) is 9.97 Å². The molecule has 3 aromatic carbocycles. The van der Waals surface area contributed by atoms with Crippen LogP contribution >= 0.6 is 0 Å². The molecule has 0 radical (unpaired) electrons. The predicted molar refractivity (Wildman–Crippen MR) is 104 cm³/mol. The molecule has 0 bridgehead atoms. The second-order valence-electron chi connectivity index (χ2n) is 5.99. The zero-order valence-corrected chi connectivity index (χ0v) is 14.6. The van der Waals surface area contributed by atoms with Crippen molar-refractivity contribution in [3.05, 3.63) is 72.3 Å². The van der Waals surface area contributed by atoms with Crippen LogP contribution in [0.1, 0.15) is 10.4 Å². The molecule has 134 valence electrons. The Kier molecular flexibility index (Phi) is 4.22. The summed E-state index contributed by atoms with van der Waals surface area (Å²) in [6.45, 7) is 0. The third kappa shape index (κ3) is 3.20. The Hall–Kier alpha value is -3.80. The molecule has 0 aliphatic rings. The summed E-state index contributed by atoms with van der Waals surface area (Å²) in [5, 5.41) is 12.9. The molecule has 0 spiro atoms. The quantitative estimate of drug-likeness (QED) is 0.510. The van der Waals surface area contributed by atoms with Crippen LogP contribution in [-0.2, 0) is 0 Å². The highest BCUT2D eigenvalue weighted by atomic mass is 16.5. The van der Waals surface area contributed by atoms with Crippen molar-refractivity contribution in [3.8, 4) is 22.9 Å². The lowest BCUT2D eigenvalue weighted by molar-refractivity contribution is 0.102. The maximum atomic E-state index is 12.4. The van der Waals surface area contributed by atoms with E-state index in [1.54, 1.807) is 24.3 Å². The number of ether oxygens (including phenoxy) is 1. The monoisotopic (exact) mass is 359 g/mol. The lowest BCUT2D eigenvalue weighted by Crippen LogP contribution is -2.12. The van der Waals surface area contributed by atoms with Gasteiger partial charge in [-0.1, -0.05) is 18.2 Å². The van der Waals surface area contributed by atoms with E-state index in [2.05, 4.69) is 15.3 Å². The second-order valence-corrected chi connectivity index (χ2v) is 5.99. The zero-order chi connectivity index (χ0) is 18.8. The topological polar surface area (TPSA) is 87.2 Å². The van der Waals surface area contributed by atoms with E-state index in [0.29, 0.717) is 5.69 Å². The standard InChI is InChI=1S/C21H17N3O3/c1-27-18-8-4-5-15(19(18)25)21(26)22-14-11-9-13(10-12-14)20-23-16-6-2-3-7-17(16)24-20/h2-12,25H,1H3,(H,22,26)(H,23,24). The predicted octanol–water partition coefficient (Wildman–Crippen LogP) is 4.20. The van der Waals surface area contributed by atoms with Gasteiger partial charge >= 0.3 is 0 Å². The molecular weight excluding hydrogens is 342 g/mol. The molecule has 3 N–H and O–H groups in total. The molecule has 0 unspecified atom stereocenters. The van der Waals surface area contributed by atoms with Crippen molar-refractivity contribution < 1.29 is 14.6 Å². The smallest absolute Gasteiger partial charge is 0.259 e. The number of para-hydroxylation sites is 3. The van der Waals surface area contributed by atoms with Crippen LogP contribution in [0.4, 0.5) is 5.69 Å². The van der Waals surface area contributed by atoms with Crippen LogP contribution in [-0.4, -0.2) is 28.1 Å². The number of nitrogens with one attached hydrogen (secondary N) is 2. The number of imidazole rings is 1. The number of fused-ring (bicyclic) bond motifs is 1. The van der Waals surface area contributed by atoms with Crippen molar-refractivity contribution in [2.75, 3.05) is 12.4 Å². The molecule has 27 heavy (non-hydrogen) atoms. The number of carbonyl (C=O) groups is 1. The third-order valence-electron chi connectivity index (χ3n) is 4.27. The molecule has 0 atom stereocenters. The fourth-order valence-electron chi connectivity index (χ4n) is 2.87. The minimum absolute atomic E-state index is 0.149. The molecule has 6 nitrogen and oxygen atoms in total. The largest absolute Gasteiger partial charge is 0.504 e. The Balaban J connectivity index is 1.55. The summed E-state index contributed by atoms with van der Waals surface area (Å²) in [7, 11) is 1.44. The summed E-state index contributed by atoms with van der Waals surface area (Å²) in [5.41, 5.74) is 3.54. The summed E-state index contributed by atoms with van der Waals surface area (Å²) in [4.78, 5) is 20.3. The normalized spacial score (nSPS) is 10.7. The molecule has 1 heterocycles. The number of aromatic amines is 1. The van der Waals surface area contributed by atoms with Gasteiger partial charge in [0, 0.05) is 11.3 Å². The number of H-pyrrole nitrogens is 1. The van der Waals surface area contributed by atoms with Crippen molar-refractivity contribution in [2.45, 2.75) is 0 Å². The van der Waals surface area contributed by atoms with Gasteiger partial charge in [-0.25, -0.2) is 4.98 Å². The average molecular weight is 359 g/mol. The Morgan fingerprint density at radius 2 is 1.81 bits per heavy atom. The third-order valence-corrected chi connectivity index (χ3v) is 4.27. The average Bonchev–Trinajstić information content (AvgIpc) is 3.13. The highest BCUT2D eigenvalue weighted by Gasteiger charge is 2.15. The van der Waals surface area contributed by atoms with E-state index >= 15 is 0 Å². The number of phenolic OH excluding ortho intramolecular Hbond substituents is 1. The SMILES string of the molecule is COc1cccc(C(=O)Nc2ccc(-c3nc4ccccc4[nH]3)cc2)c1O. The second kappa shape index (κ2) is 6.84.